The molecule has 30 heavy (non-hydrogen) atoms. The van der Waals surface area contributed by atoms with Gasteiger partial charge in [-0.15, -0.1) is 0 Å². The van der Waals surface area contributed by atoms with Crippen molar-refractivity contribution in [2.24, 2.45) is 4.99 Å². The van der Waals surface area contributed by atoms with Gasteiger partial charge < -0.3 is 15.6 Å². The molecule has 0 aliphatic carbocycles. The molecule has 2 heterocycles. The van der Waals surface area contributed by atoms with Crippen LogP contribution in [0.3, 0.4) is 0 Å². The lowest BCUT2D eigenvalue weighted by Crippen LogP contribution is -2.32. The number of pyridine rings is 1. The number of anilines is 1. The summed E-state index contributed by atoms with van der Waals surface area (Å²) < 4.78 is 57.4. The summed E-state index contributed by atoms with van der Waals surface area (Å²) in [6.45, 7) is 5.88. The first-order valence-corrected chi connectivity index (χ1v) is 9.59. The number of aromatic nitrogens is 1. The molecule has 1 fully saturated rings. The van der Waals surface area contributed by atoms with E-state index in [1.54, 1.807) is 6.07 Å². The highest BCUT2D eigenvalue weighted by molar-refractivity contribution is 5.87. The van der Waals surface area contributed by atoms with Crippen LogP contribution in [-0.4, -0.2) is 41.7 Å². The minimum absolute atomic E-state index is 0.00114. The number of halogens is 4. The summed E-state index contributed by atoms with van der Waals surface area (Å²) >= 11 is 0. The van der Waals surface area contributed by atoms with Gasteiger partial charge in [0.15, 0.2) is 0 Å². The first kappa shape index (κ1) is 23.6. The maximum atomic E-state index is 13.7. The van der Waals surface area contributed by atoms with Crippen molar-refractivity contribution < 1.29 is 27.4 Å². The Morgan fingerprint density at radius 2 is 1.97 bits per heavy atom. The number of phenolic OH excluding ortho intramolecular Hbond substituents is 1. The van der Waals surface area contributed by atoms with E-state index in [-0.39, 0.29) is 29.2 Å². The Morgan fingerprint density at radius 1 is 1.27 bits per heavy atom. The van der Waals surface area contributed by atoms with Crippen molar-refractivity contribution in [1.82, 2.24) is 4.98 Å². The molecule has 2 atom stereocenters. The molecule has 1 aromatic heterocycles. The summed E-state index contributed by atoms with van der Waals surface area (Å²) in [7, 11) is 0. The molecule has 0 spiro atoms. The molecule has 1 aliphatic rings. The highest BCUT2D eigenvalue weighted by Crippen LogP contribution is 2.38. The van der Waals surface area contributed by atoms with Crippen LogP contribution in [0.2, 0.25) is 0 Å². The van der Waals surface area contributed by atoms with E-state index in [2.05, 4.69) is 9.98 Å². The van der Waals surface area contributed by atoms with Crippen LogP contribution < -0.4 is 5.73 Å². The van der Waals surface area contributed by atoms with Crippen LogP contribution in [0, 0.1) is 6.92 Å². The molecule has 3 N–H and O–H groups in total. The Kier molecular flexibility index (Phi) is 7.77. The molecule has 1 saturated heterocycles. The lowest BCUT2D eigenvalue weighted by atomic mass is 10.00. The Morgan fingerprint density at radius 3 is 2.53 bits per heavy atom. The monoisotopic (exact) mass is 427 g/mol. The van der Waals surface area contributed by atoms with Gasteiger partial charge in [0.2, 0.25) is 0 Å². The van der Waals surface area contributed by atoms with E-state index in [9.17, 15) is 22.7 Å². The fraction of sp³-hybridized carbons (Fsp3) is 0.429. The first-order valence-electron chi connectivity index (χ1n) is 9.59. The predicted octanol–water partition coefficient (Wildman–Crippen LogP) is 4.94. The first-order chi connectivity index (χ1) is 14.2. The zero-order valence-corrected chi connectivity index (χ0v) is 17.0. The number of aliphatic imine (C=N–C) groups is 1. The van der Waals surface area contributed by atoms with Crippen LogP contribution in [0.1, 0.15) is 37.0 Å². The van der Waals surface area contributed by atoms with Gasteiger partial charge in [-0.2, -0.15) is 13.2 Å². The maximum Gasteiger partial charge on any atom is 0.416 e. The summed E-state index contributed by atoms with van der Waals surface area (Å²) in [6, 6.07) is 4.17. The summed E-state index contributed by atoms with van der Waals surface area (Å²) in [5, 5.41) is 10.1. The van der Waals surface area contributed by atoms with Gasteiger partial charge in [0.05, 0.1) is 23.9 Å². The van der Waals surface area contributed by atoms with Crippen molar-refractivity contribution in [3.8, 4) is 17.0 Å². The molecule has 3 rings (SSSR count). The van der Waals surface area contributed by atoms with Gasteiger partial charge in [0.1, 0.15) is 17.7 Å². The number of hydrogen-bond acceptors (Lipinski definition) is 5. The summed E-state index contributed by atoms with van der Waals surface area (Å²) in [5.74, 6) is -0.467. The number of phenols is 1. The maximum absolute atomic E-state index is 13.7. The smallest absolute Gasteiger partial charge is 0.416 e. The lowest BCUT2D eigenvalue weighted by molar-refractivity contribution is -0.137. The quantitative estimate of drug-likeness (QED) is 0.537. The molecule has 0 radical (unpaired) electrons. The van der Waals surface area contributed by atoms with E-state index < -0.39 is 29.7 Å². The molecule has 0 saturated carbocycles. The third-order valence-corrected chi connectivity index (χ3v) is 4.51. The van der Waals surface area contributed by atoms with Crippen molar-refractivity contribution in [2.75, 3.05) is 18.9 Å². The largest absolute Gasteiger partial charge is 0.507 e. The molecule has 2 unspecified atom stereocenters. The molecule has 2 aromatic rings. The van der Waals surface area contributed by atoms with Crippen molar-refractivity contribution in [1.29, 1.82) is 0 Å². The number of hydrogen-bond donors (Lipinski definition) is 2. The minimum atomic E-state index is -4.56. The van der Waals surface area contributed by atoms with Crippen LogP contribution in [0.4, 0.5) is 23.4 Å². The second kappa shape index (κ2) is 9.88. The molecule has 1 aliphatic heterocycles. The highest BCUT2D eigenvalue weighted by Gasteiger charge is 2.32. The molecular weight excluding hydrogens is 402 g/mol. The lowest BCUT2D eigenvalue weighted by Gasteiger charge is -2.22. The normalized spacial score (nSPS) is 19.4. The van der Waals surface area contributed by atoms with Gasteiger partial charge in [-0.3, -0.25) is 4.99 Å². The van der Waals surface area contributed by atoms with Crippen LogP contribution >= 0.6 is 0 Å². The van der Waals surface area contributed by atoms with Crippen molar-refractivity contribution in [3.05, 3.63) is 41.0 Å². The molecular formula is C21H25F4N3O2. The molecule has 1 aromatic carbocycles. The zero-order chi connectivity index (χ0) is 22.5. The topological polar surface area (TPSA) is 80.7 Å². The predicted molar refractivity (Wildman–Crippen MR) is 109 cm³/mol. The van der Waals surface area contributed by atoms with Gasteiger partial charge in [-0.1, -0.05) is 13.8 Å². The van der Waals surface area contributed by atoms with E-state index in [0.717, 1.165) is 6.07 Å². The standard InChI is InChI=1S/C19H19F4N3O2.C2H6/c1-10-6-12(19(21,22)23)7-16(27)17(10)15-3-2-11(18(24)26-15)8-25-14-4-5-28-9-13(14)20;1-2/h2-3,6-8,13-14,27H,4-5,9H2,1H3,(H2,24,26);1-2H3. The van der Waals surface area contributed by atoms with Crippen LogP contribution in [0.5, 0.6) is 5.75 Å². The average Bonchev–Trinajstić information content (AvgIpc) is 2.69. The summed E-state index contributed by atoms with van der Waals surface area (Å²) in [5.41, 5.74) is 6.04. The van der Waals surface area contributed by atoms with Gasteiger partial charge in [-0.05, 0) is 43.2 Å². The summed E-state index contributed by atoms with van der Waals surface area (Å²) in [4.78, 5) is 8.36. The minimum Gasteiger partial charge on any atom is -0.507 e. The average molecular weight is 427 g/mol. The Labute approximate surface area is 172 Å². The van der Waals surface area contributed by atoms with E-state index in [4.69, 9.17) is 10.5 Å². The third-order valence-electron chi connectivity index (χ3n) is 4.51. The van der Waals surface area contributed by atoms with Crippen LogP contribution in [-0.2, 0) is 10.9 Å². The van der Waals surface area contributed by atoms with Gasteiger partial charge in [-0.25, -0.2) is 9.37 Å². The summed E-state index contributed by atoms with van der Waals surface area (Å²) in [6.07, 6.45) is -3.87. The number of rotatable bonds is 3. The molecule has 0 bridgehead atoms. The number of aromatic hydroxyl groups is 1. The SMILES string of the molecule is CC.Cc1cc(C(F)(F)F)cc(O)c1-c1ccc(C=NC2CCOCC2F)c(N)n1. The number of benzene rings is 1. The van der Waals surface area contributed by atoms with Crippen molar-refractivity contribution in [3.63, 3.8) is 0 Å². The molecule has 5 nitrogen and oxygen atoms in total. The number of ether oxygens (including phenoxy) is 1. The van der Waals surface area contributed by atoms with Crippen LogP contribution in [0.25, 0.3) is 11.3 Å². The third kappa shape index (κ3) is 5.47. The van der Waals surface area contributed by atoms with Crippen molar-refractivity contribution in [2.45, 2.75) is 45.6 Å². The van der Waals surface area contributed by atoms with Gasteiger partial charge >= 0.3 is 6.18 Å². The number of nitrogens with two attached hydrogens (primary N) is 1. The number of nitrogen functional groups attached to an aromatic ring is 1. The Hall–Kier alpha value is -2.68. The second-order valence-electron chi connectivity index (χ2n) is 6.58. The molecule has 164 valence electrons. The zero-order valence-electron chi connectivity index (χ0n) is 17.0. The van der Waals surface area contributed by atoms with Crippen molar-refractivity contribution >= 4 is 12.0 Å². The van der Waals surface area contributed by atoms with E-state index in [1.807, 2.05) is 13.8 Å². The molecule has 9 heteroatoms. The van der Waals surface area contributed by atoms with Crippen LogP contribution in [0.15, 0.2) is 29.3 Å². The van der Waals surface area contributed by atoms with Gasteiger partial charge in [0.25, 0.3) is 0 Å². The number of alkyl halides is 4. The van der Waals surface area contributed by atoms with E-state index >= 15 is 0 Å². The second-order valence-corrected chi connectivity index (χ2v) is 6.58. The van der Waals surface area contributed by atoms with E-state index in [1.165, 1.54) is 19.2 Å². The Balaban J connectivity index is 0.00000155. The highest BCUT2D eigenvalue weighted by atomic mass is 19.4. The number of nitrogens with zero attached hydrogens (tertiary/aromatic N) is 2. The fourth-order valence-electron chi connectivity index (χ4n) is 3.04. The number of aryl methyl sites for hydroxylation is 1. The fourth-order valence-corrected chi connectivity index (χ4v) is 3.04. The van der Waals surface area contributed by atoms with Gasteiger partial charge in [0, 0.05) is 23.9 Å². The molecule has 0 amide bonds. The Bertz CT molecular complexity index is 877. The van der Waals surface area contributed by atoms with E-state index in [0.29, 0.717) is 24.7 Å².